The molecule has 0 aliphatic carbocycles. The van der Waals surface area contributed by atoms with Crippen LogP contribution in [-0.2, 0) is 0 Å². The monoisotopic (exact) mass is 586 g/mol. The molecule has 5 aromatic rings. The first kappa shape index (κ1) is 27.7. The topological polar surface area (TPSA) is 41.9 Å². The van der Waals surface area contributed by atoms with Gasteiger partial charge in [-0.1, -0.05) is 104 Å². The fraction of sp³-hybridized carbons (Fsp3) is 0.103. The van der Waals surface area contributed by atoms with Crippen molar-refractivity contribution < 1.29 is 0 Å². The van der Waals surface area contributed by atoms with Crippen molar-refractivity contribution >= 4 is 35.3 Å². The minimum absolute atomic E-state index is 0.873. The van der Waals surface area contributed by atoms with Gasteiger partial charge < -0.3 is 4.90 Å². The Morgan fingerprint density at radius 3 is 1.66 bits per heavy atom. The molecule has 0 saturated heterocycles. The molecule has 214 valence electrons. The van der Waals surface area contributed by atoms with E-state index >= 15 is 0 Å². The lowest BCUT2D eigenvalue weighted by molar-refractivity contribution is 0.529. The smallest absolute Gasteiger partial charge is 0.119 e. The molecule has 3 aromatic heterocycles. The van der Waals surface area contributed by atoms with E-state index in [4.69, 9.17) is 9.97 Å². The molecule has 2 aromatic carbocycles. The van der Waals surface area contributed by atoms with Gasteiger partial charge in [-0.2, -0.15) is 0 Å². The van der Waals surface area contributed by atoms with Crippen LogP contribution in [0.4, 0.5) is 0 Å². The van der Waals surface area contributed by atoms with Crippen molar-refractivity contribution in [1.82, 2.24) is 19.9 Å². The molecule has 0 spiro atoms. The number of benzene rings is 2. The molecule has 0 atom stereocenters. The summed E-state index contributed by atoms with van der Waals surface area (Å²) in [5.74, 6) is 0. The standard InChI is InChI=1S/C39H34N4Si/c1-43-27-13-11-25-35(43)32-22-15-24-34(42-32)39-37(29-18-8-5-9-19-29)36(28-16-6-4-7-17-28)38(44(39,2)3)33-23-14-21-31(41-33)30-20-10-12-26-40-30/h4-26H,27H2,1-3H3. The van der Waals surface area contributed by atoms with Crippen LogP contribution in [0.1, 0.15) is 28.2 Å². The molecule has 44 heavy (non-hydrogen) atoms. The van der Waals surface area contributed by atoms with Crippen molar-refractivity contribution in [2.45, 2.75) is 13.1 Å². The molecule has 0 bridgehead atoms. The highest BCUT2D eigenvalue weighted by Crippen LogP contribution is 2.55. The van der Waals surface area contributed by atoms with E-state index in [-0.39, 0.29) is 0 Å². The van der Waals surface area contributed by atoms with E-state index in [1.165, 1.54) is 32.7 Å². The van der Waals surface area contributed by atoms with Gasteiger partial charge in [0.05, 0.1) is 34.2 Å². The van der Waals surface area contributed by atoms with E-state index in [1.54, 1.807) is 0 Å². The highest BCUT2D eigenvalue weighted by molar-refractivity contribution is 7.13. The predicted molar refractivity (Wildman–Crippen MR) is 185 cm³/mol. The number of nitrogens with zero attached hydrogens (tertiary/aromatic N) is 4. The second-order valence-corrected chi connectivity index (χ2v) is 16.0. The third kappa shape index (κ3) is 4.95. The van der Waals surface area contributed by atoms with Crippen LogP contribution >= 0.6 is 0 Å². The predicted octanol–water partition coefficient (Wildman–Crippen LogP) is 8.70. The quantitative estimate of drug-likeness (QED) is 0.187. The molecule has 0 saturated carbocycles. The SMILES string of the molecule is CN1CC=CC=C1c1cccc(C2=C(c3ccccc3)C(c3ccccc3)=C(c3cccc(-c4ccccn4)n3)[Si]2(C)C)n1. The summed E-state index contributed by atoms with van der Waals surface area (Å²) in [6, 6.07) is 40.4. The number of rotatable bonds is 6. The van der Waals surface area contributed by atoms with Gasteiger partial charge in [0.1, 0.15) is 8.07 Å². The highest BCUT2D eigenvalue weighted by atomic mass is 28.3. The third-order valence-electron chi connectivity index (χ3n) is 8.51. The summed E-state index contributed by atoms with van der Waals surface area (Å²) in [7, 11) is -0.294. The Bertz CT molecular complexity index is 1960. The number of hydrogen-bond donors (Lipinski definition) is 0. The largest absolute Gasteiger partial charge is 0.369 e. The maximum absolute atomic E-state index is 5.40. The molecule has 0 radical (unpaired) electrons. The molecule has 7 rings (SSSR count). The van der Waals surface area contributed by atoms with Gasteiger partial charge in [-0.05, 0) is 75.1 Å². The van der Waals surface area contributed by atoms with Crippen molar-refractivity contribution in [1.29, 1.82) is 0 Å². The van der Waals surface area contributed by atoms with Crippen molar-refractivity contribution in [3.63, 3.8) is 0 Å². The zero-order valence-corrected chi connectivity index (χ0v) is 26.3. The zero-order valence-electron chi connectivity index (χ0n) is 25.3. The van der Waals surface area contributed by atoms with Crippen LogP contribution in [0.15, 0.2) is 140 Å². The minimum Gasteiger partial charge on any atom is -0.369 e. The first-order valence-electron chi connectivity index (χ1n) is 15.1. The van der Waals surface area contributed by atoms with Gasteiger partial charge in [-0.3, -0.25) is 4.98 Å². The van der Waals surface area contributed by atoms with Crippen LogP contribution in [0.5, 0.6) is 0 Å². The van der Waals surface area contributed by atoms with E-state index in [0.717, 1.165) is 40.7 Å². The van der Waals surface area contributed by atoms with Crippen LogP contribution in [0.3, 0.4) is 0 Å². The van der Waals surface area contributed by atoms with E-state index in [1.807, 2.05) is 24.4 Å². The van der Waals surface area contributed by atoms with E-state index < -0.39 is 8.07 Å². The van der Waals surface area contributed by atoms with Gasteiger partial charge >= 0.3 is 0 Å². The van der Waals surface area contributed by atoms with Crippen molar-refractivity contribution in [2.24, 2.45) is 0 Å². The summed E-state index contributed by atoms with van der Waals surface area (Å²) in [4.78, 5) is 17.6. The van der Waals surface area contributed by atoms with Gasteiger partial charge in [0.2, 0.25) is 0 Å². The number of allylic oxidation sites excluding steroid dienone is 4. The van der Waals surface area contributed by atoms with Crippen LogP contribution in [0, 0.1) is 0 Å². The lowest BCUT2D eigenvalue weighted by Crippen LogP contribution is -2.29. The zero-order chi connectivity index (χ0) is 30.1. The second kappa shape index (κ2) is 11.5. The van der Waals surface area contributed by atoms with Crippen LogP contribution in [-0.4, -0.2) is 41.5 Å². The Hall–Kier alpha value is -5.13. The van der Waals surface area contributed by atoms with Gasteiger partial charge in [0.25, 0.3) is 0 Å². The minimum atomic E-state index is -2.42. The number of aromatic nitrogens is 3. The maximum atomic E-state index is 5.40. The fourth-order valence-corrected chi connectivity index (χ4v) is 10.1. The van der Waals surface area contributed by atoms with E-state index in [2.05, 4.69) is 145 Å². The fourth-order valence-electron chi connectivity index (χ4n) is 6.52. The molecule has 4 nitrogen and oxygen atoms in total. The summed E-state index contributed by atoms with van der Waals surface area (Å²) < 4.78 is 0. The first-order chi connectivity index (χ1) is 21.5. The van der Waals surface area contributed by atoms with Crippen molar-refractivity contribution in [2.75, 3.05) is 13.6 Å². The van der Waals surface area contributed by atoms with Gasteiger partial charge in [0.15, 0.2) is 0 Å². The number of likely N-dealkylation sites (N-methyl/N-ethyl adjacent to an activating group) is 1. The molecule has 2 aliphatic rings. The van der Waals surface area contributed by atoms with E-state index in [0.29, 0.717) is 0 Å². The molecular weight excluding hydrogens is 553 g/mol. The van der Waals surface area contributed by atoms with Gasteiger partial charge in [-0.25, -0.2) is 9.97 Å². The van der Waals surface area contributed by atoms with Crippen LogP contribution < -0.4 is 0 Å². The Kier molecular flexibility index (Phi) is 7.24. The Morgan fingerprint density at radius 1 is 0.568 bits per heavy atom. The number of pyridine rings is 3. The normalized spacial score (nSPS) is 16.0. The molecule has 0 unspecified atom stereocenters. The first-order valence-corrected chi connectivity index (χ1v) is 18.1. The Balaban J connectivity index is 1.51. The summed E-state index contributed by atoms with van der Waals surface area (Å²) in [5.41, 5.74) is 10.8. The summed E-state index contributed by atoms with van der Waals surface area (Å²) in [5, 5.41) is 2.65. The molecule has 0 amide bonds. The molecule has 5 heteroatoms. The van der Waals surface area contributed by atoms with Gasteiger partial charge in [-0.15, -0.1) is 0 Å². The average Bonchev–Trinajstić information content (AvgIpc) is 3.33. The van der Waals surface area contributed by atoms with E-state index in [9.17, 15) is 0 Å². The van der Waals surface area contributed by atoms with Crippen LogP contribution in [0.25, 0.3) is 38.6 Å². The Labute approximate surface area is 260 Å². The lowest BCUT2D eigenvalue weighted by Gasteiger charge is -2.27. The number of hydrogen-bond acceptors (Lipinski definition) is 4. The lowest BCUT2D eigenvalue weighted by atomic mass is 9.90. The van der Waals surface area contributed by atoms with Crippen LogP contribution in [0.2, 0.25) is 13.1 Å². The molecular formula is C39H34N4Si. The molecule has 0 fully saturated rings. The van der Waals surface area contributed by atoms with Gasteiger partial charge in [0, 0.05) is 19.8 Å². The maximum Gasteiger partial charge on any atom is 0.119 e. The Morgan fingerprint density at radius 2 is 1.09 bits per heavy atom. The van der Waals surface area contributed by atoms with Crippen molar-refractivity contribution in [3.8, 4) is 11.4 Å². The third-order valence-corrected chi connectivity index (χ3v) is 12.0. The molecule has 2 aliphatic heterocycles. The summed E-state index contributed by atoms with van der Waals surface area (Å²) in [6.07, 6.45) is 8.28. The summed E-state index contributed by atoms with van der Waals surface area (Å²) >= 11 is 0. The summed E-state index contributed by atoms with van der Waals surface area (Å²) in [6.45, 7) is 5.78. The second-order valence-electron chi connectivity index (χ2n) is 11.7. The molecule has 5 heterocycles. The highest BCUT2D eigenvalue weighted by Gasteiger charge is 2.45. The average molecular weight is 587 g/mol. The molecule has 0 N–H and O–H groups in total. The van der Waals surface area contributed by atoms with Crippen molar-refractivity contribution in [3.05, 3.63) is 168 Å².